The van der Waals surface area contributed by atoms with E-state index in [-0.39, 0.29) is 24.4 Å². The maximum atomic E-state index is 12.7. The van der Waals surface area contributed by atoms with Gasteiger partial charge in [-0.25, -0.2) is 0 Å². The molecule has 1 aromatic carbocycles. The fourth-order valence-corrected chi connectivity index (χ4v) is 3.18. The summed E-state index contributed by atoms with van der Waals surface area (Å²) in [7, 11) is 0. The topological polar surface area (TPSA) is 84.5 Å². The second-order valence-electron chi connectivity index (χ2n) is 6.80. The summed E-state index contributed by atoms with van der Waals surface area (Å²) < 4.78 is 10.9. The summed E-state index contributed by atoms with van der Waals surface area (Å²) in [5.74, 6) is 2.02. The molecule has 2 N–H and O–H groups in total. The van der Waals surface area contributed by atoms with E-state index in [1.807, 2.05) is 30.3 Å². The molecule has 0 aliphatic heterocycles. The van der Waals surface area contributed by atoms with Gasteiger partial charge in [0.15, 0.2) is 0 Å². The number of rotatable bonds is 6. The fraction of sp³-hybridized carbons (Fsp3) is 0.273. The van der Waals surface area contributed by atoms with Gasteiger partial charge in [-0.15, -0.1) is 0 Å². The first-order chi connectivity index (χ1) is 13.3. The second-order valence-corrected chi connectivity index (χ2v) is 6.80. The number of benzene rings is 1. The SMILES string of the molecule is Cc1cc(C(=O)NC[C@H](NC(=O)c2cc(C)oc2C)c2ccccc2)c(C)o1. The number of furan rings is 2. The Kier molecular flexibility index (Phi) is 5.68. The number of amides is 2. The van der Waals surface area contributed by atoms with Gasteiger partial charge in [-0.3, -0.25) is 9.59 Å². The molecule has 0 saturated carbocycles. The van der Waals surface area contributed by atoms with Gasteiger partial charge in [-0.1, -0.05) is 30.3 Å². The van der Waals surface area contributed by atoms with Gasteiger partial charge >= 0.3 is 0 Å². The van der Waals surface area contributed by atoms with E-state index in [0.717, 1.165) is 5.56 Å². The molecule has 0 aliphatic carbocycles. The monoisotopic (exact) mass is 380 g/mol. The minimum absolute atomic E-state index is 0.236. The van der Waals surface area contributed by atoms with Gasteiger partial charge in [0.25, 0.3) is 11.8 Å². The number of hydrogen-bond donors (Lipinski definition) is 2. The smallest absolute Gasteiger partial charge is 0.255 e. The lowest BCUT2D eigenvalue weighted by Gasteiger charge is -2.20. The van der Waals surface area contributed by atoms with Crippen LogP contribution in [-0.4, -0.2) is 18.4 Å². The van der Waals surface area contributed by atoms with Crippen molar-refractivity contribution in [2.45, 2.75) is 33.7 Å². The molecule has 146 valence electrons. The van der Waals surface area contributed by atoms with Crippen LogP contribution in [0.3, 0.4) is 0 Å². The Morgan fingerprint density at radius 1 is 0.857 bits per heavy atom. The molecule has 0 spiro atoms. The number of aryl methyl sites for hydroxylation is 4. The van der Waals surface area contributed by atoms with Gasteiger partial charge < -0.3 is 19.5 Å². The molecule has 3 rings (SSSR count). The highest BCUT2D eigenvalue weighted by Gasteiger charge is 2.21. The highest BCUT2D eigenvalue weighted by atomic mass is 16.3. The molecule has 0 unspecified atom stereocenters. The zero-order valence-electron chi connectivity index (χ0n) is 16.5. The summed E-state index contributed by atoms with van der Waals surface area (Å²) in [5.41, 5.74) is 1.89. The zero-order valence-corrected chi connectivity index (χ0v) is 16.5. The Morgan fingerprint density at radius 3 is 1.89 bits per heavy atom. The first-order valence-corrected chi connectivity index (χ1v) is 9.13. The first-order valence-electron chi connectivity index (χ1n) is 9.13. The highest BCUT2D eigenvalue weighted by Crippen LogP contribution is 2.18. The van der Waals surface area contributed by atoms with Crippen LogP contribution in [0.15, 0.2) is 51.3 Å². The fourth-order valence-electron chi connectivity index (χ4n) is 3.18. The van der Waals surface area contributed by atoms with E-state index in [0.29, 0.717) is 34.2 Å². The van der Waals surface area contributed by atoms with E-state index in [2.05, 4.69) is 10.6 Å². The molecular weight excluding hydrogens is 356 g/mol. The van der Waals surface area contributed by atoms with Crippen molar-refractivity contribution in [2.75, 3.05) is 6.54 Å². The van der Waals surface area contributed by atoms with Crippen molar-refractivity contribution in [3.8, 4) is 0 Å². The Hall–Kier alpha value is -3.28. The van der Waals surface area contributed by atoms with Crippen LogP contribution >= 0.6 is 0 Å². The number of carbonyl (C=O) groups excluding carboxylic acids is 2. The summed E-state index contributed by atoms with van der Waals surface area (Å²) in [4.78, 5) is 25.3. The van der Waals surface area contributed by atoms with Crippen LogP contribution in [0.1, 0.15) is 55.4 Å². The minimum atomic E-state index is -0.388. The third kappa shape index (κ3) is 4.34. The van der Waals surface area contributed by atoms with Gasteiger partial charge in [0, 0.05) is 6.54 Å². The highest BCUT2D eigenvalue weighted by molar-refractivity contribution is 5.96. The molecule has 0 aliphatic rings. The van der Waals surface area contributed by atoms with E-state index < -0.39 is 0 Å². The van der Waals surface area contributed by atoms with Crippen LogP contribution in [0.2, 0.25) is 0 Å². The lowest BCUT2D eigenvalue weighted by molar-refractivity contribution is 0.0906. The predicted molar refractivity (Wildman–Crippen MR) is 105 cm³/mol. The largest absolute Gasteiger partial charge is 0.466 e. The van der Waals surface area contributed by atoms with Crippen LogP contribution in [0.25, 0.3) is 0 Å². The number of carbonyl (C=O) groups is 2. The van der Waals surface area contributed by atoms with Crippen LogP contribution in [0.5, 0.6) is 0 Å². The van der Waals surface area contributed by atoms with Crippen molar-refractivity contribution in [3.63, 3.8) is 0 Å². The number of nitrogens with one attached hydrogen (secondary N) is 2. The zero-order chi connectivity index (χ0) is 20.3. The van der Waals surface area contributed by atoms with Crippen molar-refractivity contribution in [2.24, 2.45) is 0 Å². The molecule has 2 heterocycles. The van der Waals surface area contributed by atoms with Crippen molar-refractivity contribution in [1.29, 1.82) is 0 Å². The van der Waals surface area contributed by atoms with E-state index in [9.17, 15) is 9.59 Å². The summed E-state index contributed by atoms with van der Waals surface area (Å²) in [6.07, 6.45) is 0. The third-order valence-corrected chi connectivity index (χ3v) is 4.55. The first kappa shape index (κ1) is 19.5. The molecule has 0 radical (unpaired) electrons. The average molecular weight is 380 g/mol. The molecule has 0 bridgehead atoms. The molecule has 2 aromatic heterocycles. The average Bonchev–Trinajstić information content (AvgIpc) is 3.19. The molecule has 28 heavy (non-hydrogen) atoms. The molecular formula is C22H24N2O4. The Labute approximate surface area is 163 Å². The normalized spacial score (nSPS) is 11.9. The molecule has 6 nitrogen and oxygen atoms in total. The second kappa shape index (κ2) is 8.17. The van der Waals surface area contributed by atoms with Crippen molar-refractivity contribution >= 4 is 11.8 Å². The van der Waals surface area contributed by atoms with E-state index in [1.54, 1.807) is 39.8 Å². The molecule has 0 fully saturated rings. The van der Waals surface area contributed by atoms with E-state index in [1.165, 1.54) is 0 Å². The molecule has 2 amide bonds. The van der Waals surface area contributed by atoms with Crippen LogP contribution < -0.4 is 10.6 Å². The predicted octanol–water partition coefficient (Wildman–Crippen LogP) is 4.01. The molecule has 6 heteroatoms. The summed E-state index contributed by atoms with van der Waals surface area (Å²) in [6.45, 7) is 7.35. The maximum Gasteiger partial charge on any atom is 0.255 e. The Balaban J connectivity index is 1.76. The summed E-state index contributed by atoms with van der Waals surface area (Å²) in [6, 6.07) is 12.6. The summed E-state index contributed by atoms with van der Waals surface area (Å²) in [5, 5.41) is 5.88. The van der Waals surface area contributed by atoms with Crippen LogP contribution in [-0.2, 0) is 0 Å². The quantitative estimate of drug-likeness (QED) is 0.677. The van der Waals surface area contributed by atoms with Gasteiger partial charge in [-0.2, -0.15) is 0 Å². The van der Waals surface area contributed by atoms with Crippen LogP contribution in [0, 0.1) is 27.7 Å². The lowest BCUT2D eigenvalue weighted by atomic mass is 10.1. The van der Waals surface area contributed by atoms with Gasteiger partial charge in [0.05, 0.1) is 17.2 Å². The van der Waals surface area contributed by atoms with Crippen LogP contribution in [0.4, 0.5) is 0 Å². The number of hydrogen-bond acceptors (Lipinski definition) is 4. The summed E-state index contributed by atoms with van der Waals surface area (Å²) >= 11 is 0. The third-order valence-electron chi connectivity index (χ3n) is 4.55. The van der Waals surface area contributed by atoms with Crippen molar-refractivity contribution in [3.05, 3.63) is 82.2 Å². The lowest BCUT2D eigenvalue weighted by Crippen LogP contribution is -2.38. The minimum Gasteiger partial charge on any atom is -0.466 e. The standard InChI is InChI=1S/C22H24N2O4/c1-13-10-18(15(3)27-13)21(25)23-12-20(17-8-6-5-7-9-17)24-22(26)19-11-14(2)28-16(19)4/h5-11,20H,12H2,1-4H3,(H,23,25)(H,24,26)/t20-/m0/s1. The molecule has 3 aromatic rings. The Bertz CT molecular complexity index is 985. The Morgan fingerprint density at radius 2 is 1.39 bits per heavy atom. The van der Waals surface area contributed by atoms with Gasteiger partial charge in [0.2, 0.25) is 0 Å². The molecule has 1 atom stereocenters. The van der Waals surface area contributed by atoms with Crippen molar-refractivity contribution in [1.82, 2.24) is 10.6 Å². The van der Waals surface area contributed by atoms with Gasteiger partial charge in [0.1, 0.15) is 23.0 Å². The van der Waals surface area contributed by atoms with Crippen molar-refractivity contribution < 1.29 is 18.4 Å². The van der Waals surface area contributed by atoms with Gasteiger partial charge in [-0.05, 0) is 45.4 Å². The van der Waals surface area contributed by atoms with E-state index >= 15 is 0 Å². The molecule has 0 saturated heterocycles. The van der Waals surface area contributed by atoms with E-state index in [4.69, 9.17) is 8.83 Å². The maximum absolute atomic E-state index is 12.7.